The van der Waals surface area contributed by atoms with Gasteiger partial charge in [-0.1, -0.05) is 0 Å². The van der Waals surface area contributed by atoms with Gasteiger partial charge < -0.3 is 4.74 Å². The molecule has 0 spiro atoms. The summed E-state index contributed by atoms with van der Waals surface area (Å²) in [5.41, 5.74) is 0. The van der Waals surface area contributed by atoms with Crippen LogP contribution in [-0.4, -0.2) is 38.8 Å². The highest BCUT2D eigenvalue weighted by atomic mass is 35.5. The van der Waals surface area contributed by atoms with Gasteiger partial charge in [-0.15, -0.1) is 11.6 Å². The fourth-order valence-corrected chi connectivity index (χ4v) is 3.24. The average molecular weight is 298 g/mol. The summed E-state index contributed by atoms with van der Waals surface area (Å²) < 4.78 is 31.3. The highest BCUT2D eigenvalue weighted by Gasteiger charge is 2.21. The number of rotatable bonds is 7. The summed E-state index contributed by atoms with van der Waals surface area (Å²) in [5.74, 6) is 0.469. The molecule has 0 bridgehead atoms. The standard InChI is InChI=1S/C12H24ClNO3S/c1-10(2)17-7-8-18(15,16)14-9-11-3-5-12(13)6-4-11/h10-12,14H,3-9H2,1-2H3. The van der Waals surface area contributed by atoms with E-state index in [1.807, 2.05) is 13.8 Å². The molecule has 0 aliphatic heterocycles. The lowest BCUT2D eigenvalue weighted by Gasteiger charge is -2.25. The molecule has 0 aromatic heterocycles. The van der Waals surface area contributed by atoms with E-state index >= 15 is 0 Å². The van der Waals surface area contributed by atoms with Crippen LogP contribution in [0.4, 0.5) is 0 Å². The molecular formula is C12H24ClNO3S. The Balaban J connectivity index is 2.20. The van der Waals surface area contributed by atoms with Crippen molar-refractivity contribution >= 4 is 21.6 Å². The third-order valence-electron chi connectivity index (χ3n) is 3.17. The largest absolute Gasteiger partial charge is 0.378 e. The van der Waals surface area contributed by atoms with Gasteiger partial charge in [0, 0.05) is 11.9 Å². The van der Waals surface area contributed by atoms with E-state index in [4.69, 9.17) is 16.3 Å². The molecule has 0 aromatic rings. The minimum Gasteiger partial charge on any atom is -0.378 e. The Hall–Kier alpha value is 0.160. The lowest BCUT2D eigenvalue weighted by atomic mass is 9.89. The Bertz CT molecular complexity index is 324. The number of hydrogen-bond acceptors (Lipinski definition) is 3. The summed E-state index contributed by atoms with van der Waals surface area (Å²) >= 11 is 6.01. The number of alkyl halides is 1. The zero-order valence-electron chi connectivity index (χ0n) is 11.2. The van der Waals surface area contributed by atoms with Crippen LogP contribution in [0, 0.1) is 5.92 Å². The van der Waals surface area contributed by atoms with Crippen LogP contribution in [-0.2, 0) is 14.8 Å². The Labute approximate surface area is 115 Å². The van der Waals surface area contributed by atoms with Crippen molar-refractivity contribution in [2.45, 2.75) is 51.0 Å². The predicted octanol–water partition coefficient (Wildman–Crippen LogP) is 2.13. The first-order valence-electron chi connectivity index (χ1n) is 6.62. The zero-order valence-corrected chi connectivity index (χ0v) is 12.8. The molecule has 0 unspecified atom stereocenters. The van der Waals surface area contributed by atoms with E-state index in [1.165, 1.54) is 0 Å². The number of sulfonamides is 1. The van der Waals surface area contributed by atoms with Crippen LogP contribution >= 0.6 is 11.6 Å². The van der Waals surface area contributed by atoms with Crippen LogP contribution < -0.4 is 4.72 Å². The van der Waals surface area contributed by atoms with Crippen molar-refractivity contribution in [1.82, 2.24) is 4.72 Å². The minimum atomic E-state index is -3.20. The molecule has 0 amide bonds. The van der Waals surface area contributed by atoms with Gasteiger partial charge >= 0.3 is 0 Å². The van der Waals surface area contributed by atoms with Crippen LogP contribution in [0.1, 0.15) is 39.5 Å². The van der Waals surface area contributed by atoms with Crippen molar-refractivity contribution in [3.8, 4) is 0 Å². The molecule has 1 rings (SSSR count). The first-order valence-corrected chi connectivity index (χ1v) is 8.71. The van der Waals surface area contributed by atoms with Gasteiger partial charge in [0.25, 0.3) is 0 Å². The lowest BCUT2D eigenvalue weighted by molar-refractivity contribution is 0.0911. The van der Waals surface area contributed by atoms with E-state index in [1.54, 1.807) is 0 Å². The molecule has 108 valence electrons. The maximum atomic E-state index is 11.7. The highest BCUT2D eigenvalue weighted by Crippen LogP contribution is 2.27. The quantitative estimate of drug-likeness (QED) is 0.733. The molecule has 0 heterocycles. The van der Waals surface area contributed by atoms with Crippen molar-refractivity contribution in [3.63, 3.8) is 0 Å². The van der Waals surface area contributed by atoms with Gasteiger partial charge in [-0.3, -0.25) is 0 Å². The molecular weight excluding hydrogens is 274 g/mol. The first-order chi connectivity index (χ1) is 8.39. The van der Waals surface area contributed by atoms with Crippen LogP contribution in [0.3, 0.4) is 0 Å². The molecule has 0 radical (unpaired) electrons. The normalized spacial score (nSPS) is 25.6. The van der Waals surface area contributed by atoms with Gasteiger partial charge in [0.05, 0.1) is 18.5 Å². The molecule has 1 aliphatic carbocycles. The third-order valence-corrected chi connectivity index (χ3v) is 4.92. The lowest BCUT2D eigenvalue weighted by Crippen LogP contribution is -2.34. The minimum absolute atomic E-state index is 0.0377. The van der Waals surface area contributed by atoms with Gasteiger partial charge in [0.15, 0.2) is 0 Å². The molecule has 0 saturated heterocycles. The molecule has 0 aromatic carbocycles. The Morgan fingerprint density at radius 2 is 1.89 bits per heavy atom. The fraction of sp³-hybridized carbons (Fsp3) is 1.00. The Morgan fingerprint density at radius 1 is 1.28 bits per heavy atom. The van der Waals surface area contributed by atoms with E-state index in [0.29, 0.717) is 12.5 Å². The Kier molecular flexibility index (Phi) is 6.92. The Morgan fingerprint density at radius 3 is 2.44 bits per heavy atom. The summed E-state index contributed by atoms with van der Waals surface area (Å²) in [6.45, 7) is 4.57. The molecule has 1 N–H and O–H groups in total. The van der Waals surface area contributed by atoms with Crippen LogP contribution in [0.25, 0.3) is 0 Å². The van der Waals surface area contributed by atoms with Gasteiger partial charge in [0.2, 0.25) is 10.0 Å². The molecule has 0 atom stereocenters. The summed E-state index contributed by atoms with van der Waals surface area (Å²) in [5, 5.41) is 0.275. The van der Waals surface area contributed by atoms with Crippen molar-refractivity contribution in [2.24, 2.45) is 5.92 Å². The van der Waals surface area contributed by atoms with Gasteiger partial charge in [-0.25, -0.2) is 13.1 Å². The van der Waals surface area contributed by atoms with E-state index < -0.39 is 10.0 Å². The predicted molar refractivity (Wildman–Crippen MR) is 74.5 cm³/mol. The topological polar surface area (TPSA) is 55.4 Å². The maximum Gasteiger partial charge on any atom is 0.213 e. The van der Waals surface area contributed by atoms with Crippen molar-refractivity contribution in [2.75, 3.05) is 18.9 Å². The third kappa shape index (κ3) is 6.92. The smallest absolute Gasteiger partial charge is 0.213 e. The number of nitrogens with one attached hydrogen (secondary N) is 1. The van der Waals surface area contributed by atoms with Crippen molar-refractivity contribution < 1.29 is 13.2 Å². The van der Waals surface area contributed by atoms with E-state index in [2.05, 4.69) is 4.72 Å². The summed E-state index contributed by atoms with van der Waals surface area (Å²) in [7, 11) is -3.20. The van der Waals surface area contributed by atoms with Crippen molar-refractivity contribution in [1.29, 1.82) is 0 Å². The first kappa shape index (κ1) is 16.2. The second kappa shape index (κ2) is 7.68. The van der Waals surface area contributed by atoms with Gasteiger partial charge in [0.1, 0.15) is 0 Å². The summed E-state index contributed by atoms with van der Waals surface area (Å²) in [4.78, 5) is 0. The second-order valence-corrected chi connectivity index (χ2v) is 7.75. The van der Waals surface area contributed by atoms with Crippen LogP contribution in [0.5, 0.6) is 0 Å². The average Bonchev–Trinajstić information content (AvgIpc) is 2.27. The molecule has 4 nitrogen and oxygen atoms in total. The monoisotopic (exact) mass is 297 g/mol. The molecule has 6 heteroatoms. The number of halogens is 1. The fourth-order valence-electron chi connectivity index (χ4n) is 2.04. The van der Waals surface area contributed by atoms with Crippen molar-refractivity contribution in [3.05, 3.63) is 0 Å². The summed E-state index contributed by atoms with van der Waals surface area (Å²) in [6.07, 6.45) is 4.08. The van der Waals surface area contributed by atoms with E-state index in [-0.39, 0.29) is 23.8 Å². The number of ether oxygens (including phenoxy) is 1. The number of hydrogen-bond donors (Lipinski definition) is 1. The van der Waals surface area contributed by atoms with E-state index in [9.17, 15) is 8.42 Å². The van der Waals surface area contributed by atoms with Crippen LogP contribution in [0.2, 0.25) is 0 Å². The van der Waals surface area contributed by atoms with Gasteiger partial charge in [-0.2, -0.15) is 0 Å². The molecule has 18 heavy (non-hydrogen) atoms. The molecule has 1 saturated carbocycles. The van der Waals surface area contributed by atoms with Crippen LogP contribution in [0.15, 0.2) is 0 Å². The zero-order chi connectivity index (χ0) is 13.6. The maximum absolute atomic E-state index is 11.7. The SMILES string of the molecule is CC(C)OCCS(=O)(=O)NCC1CCC(Cl)CC1. The van der Waals surface area contributed by atoms with Gasteiger partial charge in [-0.05, 0) is 45.4 Å². The molecule has 1 fully saturated rings. The summed E-state index contributed by atoms with van der Waals surface area (Å²) in [6, 6.07) is 0. The van der Waals surface area contributed by atoms with E-state index in [0.717, 1.165) is 25.7 Å². The molecule has 1 aliphatic rings. The second-order valence-electron chi connectivity index (χ2n) is 5.20. The highest BCUT2D eigenvalue weighted by molar-refractivity contribution is 7.89.